The number of hydrogen-bond donors (Lipinski definition) is 0. The van der Waals surface area contributed by atoms with Crippen LogP contribution in [0.15, 0.2) is 78.2 Å². The fraction of sp³-hybridized carbons (Fsp3) is 0.304. The SMILES string of the molecule is O=P1(C(c2cccs2)N2CCS(=O)(=O)CC2)N(c2ccccc2)CCN1c1ccccc1. The molecule has 9 heteroatoms. The molecule has 2 saturated heterocycles. The van der Waals surface area contributed by atoms with Crippen LogP contribution in [0.3, 0.4) is 0 Å². The molecular weight excluding hydrogens is 461 g/mol. The Kier molecular flexibility index (Phi) is 5.88. The lowest BCUT2D eigenvalue weighted by Gasteiger charge is -2.43. The highest BCUT2D eigenvalue weighted by Crippen LogP contribution is 2.70. The van der Waals surface area contributed by atoms with Crippen molar-refractivity contribution < 1.29 is 13.0 Å². The number of rotatable bonds is 5. The Morgan fingerprint density at radius 3 is 1.75 bits per heavy atom. The third kappa shape index (κ3) is 3.90. The fourth-order valence-corrected chi connectivity index (χ4v) is 10.7. The minimum Gasteiger partial charge on any atom is -0.304 e. The summed E-state index contributed by atoms with van der Waals surface area (Å²) in [6.07, 6.45) is 0. The van der Waals surface area contributed by atoms with Gasteiger partial charge in [0, 0.05) is 42.4 Å². The van der Waals surface area contributed by atoms with Crippen LogP contribution >= 0.6 is 18.8 Å². The van der Waals surface area contributed by atoms with E-state index in [2.05, 4.69) is 14.2 Å². The first kappa shape index (κ1) is 21.7. The van der Waals surface area contributed by atoms with E-state index in [1.54, 1.807) is 11.3 Å². The van der Waals surface area contributed by atoms with Crippen molar-refractivity contribution in [1.29, 1.82) is 0 Å². The number of hydrogen-bond acceptors (Lipinski definition) is 5. The maximum Gasteiger partial charge on any atom is 0.285 e. The average Bonchev–Trinajstić information content (AvgIpc) is 3.45. The van der Waals surface area contributed by atoms with Crippen molar-refractivity contribution in [3.8, 4) is 0 Å². The maximum atomic E-state index is 15.4. The Balaban J connectivity index is 1.65. The van der Waals surface area contributed by atoms with E-state index in [0.29, 0.717) is 26.2 Å². The normalized spacial score (nSPS) is 21.5. The second kappa shape index (κ2) is 8.67. The molecule has 1 aromatic heterocycles. The van der Waals surface area contributed by atoms with E-state index in [1.165, 1.54) is 0 Å². The molecule has 32 heavy (non-hydrogen) atoms. The standard InChI is InChI=1S/C23H26N3O3PS2/c27-30(23(22-12-7-17-31-22)24-15-18-32(28,29)19-16-24)25(20-8-3-1-4-9-20)13-14-26(30)21-10-5-2-6-11-21/h1-12,17,23H,13-16,18-19H2. The first-order valence-electron chi connectivity index (χ1n) is 10.7. The Hall–Kier alpha value is -2.12. The molecule has 2 aliphatic heterocycles. The number of anilines is 2. The molecule has 3 heterocycles. The van der Waals surface area contributed by atoms with Crippen molar-refractivity contribution in [2.45, 2.75) is 5.78 Å². The largest absolute Gasteiger partial charge is 0.304 e. The summed E-state index contributed by atoms with van der Waals surface area (Å²) in [5.41, 5.74) is 1.86. The minimum absolute atomic E-state index is 0.103. The molecule has 0 bridgehead atoms. The van der Waals surface area contributed by atoms with Crippen LogP contribution < -0.4 is 9.34 Å². The summed E-state index contributed by atoms with van der Waals surface area (Å²) in [6.45, 7) is 2.06. The molecule has 6 nitrogen and oxygen atoms in total. The highest BCUT2D eigenvalue weighted by Gasteiger charge is 2.53. The second-order valence-electron chi connectivity index (χ2n) is 8.08. The summed E-state index contributed by atoms with van der Waals surface area (Å²) in [4.78, 5) is 3.14. The number of thiophene rings is 1. The summed E-state index contributed by atoms with van der Waals surface area (Å²) in [5, 5.41) is 2.00. The summed E-state index contributed by atoms with van der Waals surface area (Å²) < 4.78 is 43.9. The molecule has 0 spiro atoms. The Labute approximate surface area is 193 Å². The minimum atomic E-state index is -3.24. The number of sulfone groups is 1. The highest BCUT2D eigenvalue weighted by atomic mass is 32.2. The van der Waals surface area contributed by atoms with Crippen molar-refractivity contribution in [3.63, 3.8) is 0 Å². The molecule has 0 N–H and O–H groups in total. The quantitative estimate of drug-likeness (QED) is 0.487. The molecule has 5 rings (SSSR count). The second-order valence-corrected chi connectivity index (χ2v) is 14.0. The average molecular weight is 488 g/mol. The van der Waals surface area contributed by atoms with E-state index >= 15 is 4.57 Å². The van der Waals surface area contributed by atoms with Crippen molar-refractivity contribution in [2.75, 3.05) is 47.0 Å². The Morgan fingerprint density at radius 1 is 0.750 bits per heavy atom. The number of nitrogens with zero attached hydrogens (tertiary/aromatic N) is 3. The van der Waals surface area contributed by atoms with E-state index in [-0.39, 0.29) is 11.5 Å². The zero-order valence-electron chi connectivity index (χ0n) is 17.7. The predicted octanol–water partition coefficient (Wildman–Crippen LogP) is 4.70. The topological polar surface area (TPSA) is 60.9 Å². The van der Waals surface area contributed by atoms with Crippen LogP contribution in [-0.2, 0) is 14.4 Å². The molecule has 3 aromatic rings. The summed E-state index contributed by atoms with van der Waals surface area (Å²) in [5.74, 6) is -0.196. The monoisotopic (exact) mass is 487 g/mol. The molecule has 0 aliphatic carbocycles. The van der Waals surface area contributed by atoms with E-state index in [1.807, 2.05) is 78.2 Å². The van der Waals surface area contributed by atoms with E-state index in [9.17, 15) is 8.42 Å². The predicted molar refractivity (Wildman–Crippen MR) is 132 cm³/mol. The zero-order valence-corrected chi connectivity index (χ0v) is 20.2. The van der Waals surface area contributed by atoms with Gasteiger partial charge in [0.2, 0.25) is 0 Å². The van der Waals surface area contributed by atoms with Crippen LogP contribution in [0.25, 0.3) is 0 Å². The van der Waals surface area contributed by atoms with Gasteiger partial charge in [-0.2, -0.15) is 0 Å². The van der Waals surface area contributed by atoms with Gasteiger partial charge in [-0.3, -0.25) is 9.46 Å². The smallest absolute Gasteiger partial charge is 0.285 e. The van der Waals surface area contributed by atoms with Gasteiger partial charge >= 0.3 is 0 Å². The van der Waals surface area contributed by atoms with E-state index < -0.39 is 23.1 Å². The molecule has 1 atom stereocenters. The third-order valence-electron chi connectivity index (χ3n) is 6.17. The number of benzene rings is 2. The van der Waals surface area contributed by atoms with Crippen LogP contribution in [0.5, 0.6) is 0 Å². The summed E-state index contributed by atoms with van der Waals surface area (Å²) in [6, 6.07) is 23.9. The van der Waals surface area contributed by atoms with Gasteiger partial charge in [-0.15, -0.1) is 11.3 Å². The summed E-state index contributed by atoms with van der Waals surface area (Å²) in [7, 11) is -6.28. The van der Waals surface area contributed by atoms with Crippen LogP contribution in [0.2, 0.25) is 0 Å². The van der Waals surface area contributed by atoms with Crippen LogP contribution in [0, 0.1) is 0 Å². The molecule has 0 radical (unpaired) electrons. The molecule has 168 valence electrons. The van der Waals surface area contributed by atoms with Gasteiger partial charge in [-0.1, -0.05) is 42.5 Å². The van der Waals surface area contributed by atoms with Crippen molar-refractivity contribution in [2.24, 2.45) is 0 Å². The van der Waals surface area contributed by atoms with Crippen molar-refractivity contribution in [3.05, 3.63) is 83.1 Å². The van der Waals surface area contributed by atoms with Gasteiger partial charge in [0.1, 0.15) is 5.78 Å². The molecular formula is C23H26N3O3PS2. The Bertz CT molecular complexity index is 1140. The lowest BCUT2D eigenvalue weighted by atomic mass is 10.3. The van der Waals surface area contributed by atoms with Crippen LogP contribution in [-0.4, -0.2) is 51.0 Å². The molecule has 2 fully saturated rings. The molecule has 2 aliphatic rings. The lowest BCUT2D eigenvalue weighted by Crippen LogP contribution is -2.44. The van der Waals surface area contributed by atoms with Crippen molar-refractivity contribution in [1.82, 2.24) is 4.90 Å². The van der Waals surface area contributed by atoms with Gasteiger partial charge in [-0.25, -0.2) is 8.42 Å². The van der Waals surface area contributed by atoms with Gasteiger partial charge in [0.15, 0.2) is 9.84 Å². The third-order valence-corrected chi connectivity index (χ3v) is 12.4. The Morgan fingerprint density at radius 2 is 1.28 bits per heavy atom. The van der Waals surface area contributed by atoms with Gasteiger partial charge < -0.3 is 9.34 Å². The van der Waals surface area contributed by atoms with E-state index in [4.69, 9.17) is 0 Å². The molecule has 0 saturated carbocycles. The van der Waals surface area contributed by atoms with Gasteiger partial charge in [0.25, 0.3) is 7.44 Å². The van der Waals surface area contributed by atoms with E-state index in [0.717, 1.165) is 16.3 Å². The first-order valence-corrected chi connectivity index (χ1v) is 15.1. The van der Waals surface area contributed by atoms with Gasteiger partial charge in [-0.05, 0) is 35.7 Å². The summed E-state index contributed by atoms with van der Waals surface area (Å²) >= 11 is 1.59. The zero-order chi connectivity index (χ0) is 22.2. The van der Waals surface area contributed by atoms with Gasteiger partial charge in [0.05, 0.1) is 11.5 Å². The maximum absolute atomic E-state index is 15.4. The molecule has 1 unspecified atom stereocenters. The lowest BCUT2D eigenvalue weighted by molar-refractivity contribution is 0.270. The number of para-hydroxylation sites is 2. The molecule has 0 amide bonds. The fourth-order valence-electron chi connectivity index (χ4n) is 4.63. The molecule has 2 aromatic carbocycles. The van der Waals surface area contributed by atoms with Crippen molar-refractivity contribution >= 4 is 40.0 Å². The first-order chi connectivity index (χ1) is 15.5. The van der Waals surface area contributed by atoms with Crippen LogP contribution in [0.1, 0.15) is 10.7 Å². The highest BCUT2D eigenvalue weighted by molar-refractivity contribution is 7.91. The van der Waals surface area contributed by atoms with Crippen LogP contribution in [0.4, 0.5) is 11.4 Å².